The highest BCUT2D eigenvalue weighted by Crippen LogP contribution is 2.20. The van der Waals surface area contributed by atoms with Crippen LogP contribution in [0, 0.1) is 6.92 Å². The van der Waals surface area contributed by atoms with Crippen LogP contribution in [-0.2, 0) is 0 Å². The van der Waals surface area contributed by atoms with Gasteiger partial charge in [-0.2, -0.15) is 5.10 Å². The van der Waals surface area contributed by atoms with Gasteiger partial charge in [0.15, 0.2) is 0 Å². The molecule has 0 atom stereocenters. The zero-order valence-electron chi connectivity index (χ0n) is 13.4. The SMILES string of the molecule is Cc1ccc(SCCOc2ccccc2/C=N/n2cnnc2)cc1. The quantitative estimate of drug-likeness (QED) is 0.375. The van der Waals surface area contributed by atoms with Crippen molar-refractivity contribution in [2.75, 3.05) is 12.4 Å². The topological polar surface area (TPSA) is 52.3 Å². The van der Waals surface area contributed by atoms with Gasteiger partial charge in [-0.05, 0) is 31.2 Å². The fraction of sp³-hybridized carbons (Fsp3) is 0.167. The summed E-state index contributed by atoms with van der Waals surface area (Å²) in [5, 5.41) is 11.7. The van der Waals surface area contributed by atoms with Crippen LogP contribution in [0.15, 0.2) is 71.2 Å². The van der Waals surface area contributed by atoms with Crippen molar-refractivity contribution in [1.82, 2.24) is 14.9 Å². The Morgan fingerprint density at radius 1 is 1.08 bits per heavy atom. The molecule has 24 heavy (non-hydrogen) atoms. The van der Waals surface area contributed by atoms with Crippen LogP contribution in [0.4, 0.5) is 0 Å². The van der Waals surface area contributed by atoms with E-state index in [1.54, 1.807) is 22.7 Å². The molecule has 2 aromatic carbocycles. The minimum absolute atomic E-state index is 0.635. The highest BCUT2D eigenvalue weighted by molar-refractivity contribution is 7.99. The lowest BCUT2D eigenvalue weighted by molar-refractivity contribution is 0.343. The van der Waals surface area contributed by atoms with Gasteiger partial charge in [0.05, 0.1) is 12.8 Å². The third kappa shape index (κ3) is 4.70. The molecule has 0 amide bonds. The molecule has 1 aromatic heterocycles. The van der Waals surface area contributed by atoms with E-state index in [1.807, 2.05) is 24.3 Å². The van der Waals surface area contributed by atoms with Crippen molar-refractivity contribution in [1.29, 1.82) is 0 Å². The van der Waals surface area contributed by atoms with Crippen molar-refractivity contribution < 1.29 is 4.74 Å². The van der Waals surface area contributed by atoms with Gasteiger partial charge in [0.2, 0.25) is 0 Å². The molecule has 0 bridgehead atoms. The molecule has 122 valence electrons. The van der Waals surface area contributed by atoms with Crippen molar-refractivity contribution in [2.45, 2.75) is 11.8 Å². The monoisotopic (exact) mass is 338 g/mol. The minimum atomic E-state index is 0.635. The molecule has 0 radical (unpaired) electrons. The molecule has 0 fully saturated rings. The normalized spacial score (nSPS) is 11.0. The Morgan fingerprint density at radius 2 is 1.83 bits per heavy atom. The first kappa shape index (κ1) is 16.3. The second-order valence-electron chi connectivity index (χ2n) is 5.13. The molecule has 3 aromatic rings. The van der Waals surface area contributed by atoms with Gasteiger partial charge < -0.3 is 4.74 Å². The predicted molar refractivity (Wildman–Crippen MR) is 96.9 cm³/mol. The number of hydrogen-bond donors (Lipinski definition) is 0. The Labute approximate surface area is 145 Å². The van der Waals surface area contributed by atoms with Crippen LogP contribution in [0.1, 0.15) is 11.1 Å². The molecule has 1 heterocycles. The van der Waals surface area contributed by atoms with E-state index in [0.717, 1.165) is 17.1 Å². The van der Waals surface area contributed by atoms with Crippen LogP contribution in [0.25, 0.3) is 0 Å². The lowest BCUT2D eigenvalue weighted by atomic mass is 10.2. The highest BCUT2D eigenvalue weighted by atomic mass is 32.2. The van der Waals surface area contributed by atoms with Crippen molar-refractivity contribution in [3.63, 3.8) is 0 Å². The molecule has 0 N–H and O–H groups in total. The molecule has 0 unspecified atom stereocenters. The molecular formula is C18H18N4OS. The van der Waals surface area contributed by atoms with E-state index >= 15 is 0 Å². The first-order chi connectivity index (χ1) is 11.8. The highest BCUT2D eigenvalue weighted by Gasteiger charge is 2.01. The number of aromatic nitrogens is 3. The van der Waals surface area contributed by atoms with E-state index in [0.29, 0.717) is 6.61 Å². The van der Waals surface area contributed by atoms with Gasteiger partial charge in [-0.3, -0.25) is 0 Å². The summed E-state index contributed by atoms with van der Waals surface area (Å²) in [4.78, 5) is 1.26. The number of aryl methyl sites for hydroxylation is 1. The maximum atomic E-state index is 5.90. The Bertz CT molecular complexity index is 785. The van der Waals surface area contributed by atoms with Crippen molar-refractivity contribution in [3.8, 4) is 5.75 Å². The maximum Gasteiger partial charge on any atom is 0.141 e. The zero-order valence-corrected chi connectivity index (χ0v) is 14.2. The summed E-state index contributed by atoms with van der Waals surface area (Å²) in [6, 6.07) is 16.4. The molecular weight excluding hydrogens is 320 g/mol. The average molecular weight is 338 g/mol. The summed E-state index contributed by atoms with van der Waals surface area (Å²) in [6.45, 7) is 2.73. The van der Waals surface area contributed by atoms with Crippen LogP contribution in [0.5, 0.6) is 5.75 Å². The molecule has 3 rings (SSSR count). The van der Waals surface area contributed by atoms with Gasteiger partial charge in [0, 0.05) is 16.2 Å². The first-order valence-electron chi connectivity index (χ1n) is 7.61. The van der Waals surface area contributed by atoms with Gasteiger partial charge in [-0.15, -0.1) is 22.0 Å². The van der Waals surface area contributed by atoms with E-state index in [1.165, 1.54) is 23.1 Å². The zero-order chi connectivity index (χ0) is 16.6. The number of thioether (sulfide) groups is 1. The molecule has 0 aliphatic carbocycles. The van der Waals surface area contributed by atoms with Crippen molar-refractivity contribution in [2.24, 2.45) is 5.10 Å². The van der Waals surface area contributed by atoms with Crippen LogP contribution in [0.3, 0.4) is 0 Å². The van der Waals surface area contributed by atoms with Crippen molar-refractivity contribution >= 4 is 18.0 Å². The minimum Gasteiger partial charge on any atom is -0.492 e. The number of rotatable bonds is 7. The van der Waals surface area contributed by atoms with Crippen LogP contribution >= 0.6 is 11.8 Å². The third-order valence-electron chi connectivity index (χ3n) is 3.29. The summed E-state index contributed by atoms with van der Waals surface area (Å²) in [6.07, 6.45) is 4.82. The second-order valence-corrected chi connectivity index (χ2v) is 6.30. The van der Waals surface area contributed by atoms with Gasteiger partial charge >= 0.3 is 0 Å². The van der Waals surface area contributed by atoms with E-state index in [-0.39, 0.29) is 0 Å². The van der Waals surface area contributed by atoms with Crippen LogP contribution in [0.2, 0.25) is 0 Å². The number of benzene rings is 2. The van der Waals surface area contributed by atoms with E-state index in [9.17, 15) is 0 Å². The van der Waals surface area contributed by atoms with E-state index < -0.39 is 0 Å². The predicted octanol–water partition coefficient (Wildman–Crippen LogP) is 3.64. The van der Waals surface area contributed by atoms with Crippen LogP contribution < -0.4 is 4.74 Å². The summed E-state index contributed by atoms with van der Waals surface area (Å²) in [7, 11) is 0. The largest absolute Gasteiger partial charge is 0.492 e. The number of nitrogens with zero attached hydrogens (tertiary/aromatic N) is 4. The van der Waals surface area contributed by atoms with Gasteiger partial charge in [0.25, 0.3) is 0 Å². The summed E-state index contributed by atoms with van der Waals surface area (Å²) >= 11 is 1.79. The van der Waals surface area contributed by atoms with E-state index in [4.69, 9.17) is 4.74 Å². The van der Waals surface area contributed by atoms with E-state index in [2.05, 4.69) is 46.5 Å². The van der Waals surface area contributed by atoms with Gasteiger partial charge in [-0.1, -0.05) is 29.8 Å². The Kier molecular flexibility index (Phi) is 5.63. The average Bonchev–Trinajstić information content (AvgIpc) is 3.13. The molecule has 0 aliphatic rings. The molecule has 0 spiro atoms. The maximum absolute atomic E-state index is 5.90. The third-order valence-corrected chi connectivity index (χ3v) is 4.26. The summed E-state index contributed by atoms with van der Waals surface area (Å²) in [5.41, 5.74) is 2.20. The fourth-order valence-corrected chi connectivity index (χ4v) is 2.78. The Hall–Kier alpha value is -2.60. The standard InChI is InChI=1S/C18H18N4OS/c1-15-6-8-17(9-7-15)24-11-10-23-18-5-3-2-4-16(18)12-21-22-13-19-20-14-22/h2-9,12-14H,10-11H2,1H3/b21-12+. The lowest BCUT2D eigenvalue weighted by Gasteiger charge is -2.09. The van der Waals surface area contributed by atoms with Gasteiger partial charge in [0.1, 0.15) is 18.4 Å². The second kappa shape index (κ2) is 8.31. The number of para-hydroxylation sites is 1. The molecule has 0 aliphatic heterocycles. The lowest BCUT2D eigenvalue weighted by Crippen LogP contribution is -2.02. The molecule has 5 nitrogen and oxygen atoms in total. The first-order valence-corrected chi connectivity index (χ1v) is 8.60. The summed E-state index contributed by atoms with van der Waals surface area (Å²) < 4.78 is 7.45. The Balaban J connectivity index is 1.54. The van der Waals surface area contributed by atoms with Gasteiger partial charge in [-0.25, -0.2) is 4.68 Å². The smallest absolute Gasteiger partial charge is 0.141 e. The molecule has 0 saturated carbocycles. The van der Waals surface area contributed by atoms with Crippen molar-refractivity contribution in [3.05, 3.63) is 72.3 Å². The fourth-order valence-electron chi connectivity index (χ4n) is 2.05. The Morgan fingerprint density at radius 3 is 2.62 bits per heavy atom. The van der Waals surface area contributed by atoms with Crippen LogP contribution in [-0.4, -0.2) is 33.4 Å². The summed E-state index contributed by atoms with van der Waals surface area (Å²) in [5.74, 6) is 1.71. The number of ether oxygens (including phenoxy) is 1. The number of hydrogen-bond acceptors (Lipinski definition) is 5. The molecule has 0 saturated heterocycles. The molecule has 6 heteroatoms.